The molecule has 0 saturated carbocycles. The number of rotatable bonds is 4. The predicted octanol–water partition coefficient (Wildman–Crippen LogP) is 1.62. The van der Waals surface area contributed by atoms with Crippen LogP contribution >= 0.6 is 0 Å². The summed E-state index contributed by atoms with van der Waals surface area (Å²) in [6.07, 6.45) is 6.51. The fraction of sp³-hybridized carbons (Fsp3) is 0.333. The highest BCUT2D eigenvalue weighted by Gasteiger charge is 2.29. The molecule has 104 valence electrons. The molecule has 2 aromatic rings. The molecule has 0 fully saturated rings. The molecule has 0 spiro atoms. The number of ketones is 1. The maximum absolute atomic E-state index is 12.6. The number of aromatic nitrogens is 2. The van der Waals surface area contributed by atoms with Gasteiger partial charge in [-0.2, -0.15) is 0 Å². The number of hydrogen-bond acceptors (Lipinski definition) is 4. The van der Waals surface area contributed by atoms with Gasteiger partial charge >= 0.3 is 0 Å². The lowest BCUT2D eigenvalue weighted by atomic mass is 9.97. The number of carbonyl (C=O) groups is 1. The Morgan fingerprint density at radius 2 is 2.35 bits per heavy atom. The van der Waals surface area contributed by atoms with Gasteiger partial charge in [0.25, 0.3) is 0 Å². The number of aryl methyl sites for hydroxylation is 1. The van der Waals surface area contributed by atoms with Crippen LogP contribution in [0.1, 0.15) is 28.4 Å². The van der Waals surface area contributed by atoms with E-state index in [1.54, 1.807) is 23.3 Å². The second kappa shape index (κ2) is 5.46. The molecule has 3 rings (SSSR count). The Labute approximate surface area is 116 Å². The number of imidazole rings is 1. The van der Waals surface area contributed by atoms with E-state index < -0.39 is 0 Å². The number of benzene rings is 1. The molecule has 1 atom stereocenters. The first kappa shape index (κ1) is 12.9. The summed E-state index contributed by atoms with van der Waals surface area (Å²) in [7, 11) is 0. The first-order valence-electron chi connectivity index (χ1n) is 6.68. The van der Waals surface area contributed by atoms with E-state index in [4.69, 9.17) is 9.84 Å². The van der Waals surface area contributed by atoms with E-state index in [0.717, 1.165) is 12.0 Å². The van der Waals surface area contributed by atoms with Gasteiger partial charge in [0.15, 0.2) is 5.78 Å². The summed E-state index contributed by atoms with van der Waals surface area (Å²) >= 11 is 0. The molecule has 0 amide bonds. The molecule has 1 aliphatic heterocycles. The fourth-order valence-corrected chi connectivity index (χ4v) is 2.43. The molecule has 1 aliphatic rings. The quantitative estimate of drug-likeness (QED) is 0.918. The maximum atomic E-state index is 12.6. The second-order valence-electron chi connectivity index (χ2n) is 4.86. The molecule has 1 N–H and O–H groups in total. The van der Waals surface area contributed by atoms with Gasteiger partial charge in [0, 0.05) is 19.0 Å². The number of aliphatic hydroxyl groups excluding tert-OH is 1. The smallest absolute Gasteiger partial charge is 0.192 e. The minimum Gasteiger partial charge on any atom is -0.490 e. The predicted molar refractivity (Wildman–Crippen MR) is 72.9 cm³/mol. The van der Waals surface area contributed by atoms with Crippen LogP contribution in [-0.4, -0.2) is 33.7 Å². The highest BCUT2D eigenvalue weighted by atomic mass is 16.5. The van der Waals surface area contributed by atoms with Crippen molar-refractivity contribution in [3.63, 3.8) is 0 Å². The van der Waals surface area contributed by atoms with E-state index in [0.29, 0.717) is 24.3 Å². The van der Waals surface area contributed by atoms with Crippen molar-refractivity contribution in [1.29, 1.82) is 0 Å². The lowest BCUT2D eigenvalue weighted by molar-refractivity contribution is 0.0841. The van der Waals surface area contributed by atoms with Crippen molar-refractivity contribution in [2.75, 3.05) is 13.2 Å². The number of hydrogen-bond donors (Lipinski definition) is 1. The summed E-state index contributed by atoms with van der Waals surface area (Å²) in [6.45, 7) is 0.484. The standard InChI is InChI=1S/C15H16N2O3/c18-7-1-2-11-3-4-14-12(8-11)15(19)13(9-20-14)17-6-5-16-10-17/h3-6,8,10,13,18H,1-2,7,9H2. The highest BCUT2D eigenvalue weighted by Crippen LogP contribution is 2.30. The third-order valence-electron chi connectivity index (χ3n) is 3.52. The van der Waals surface area contributed by atoms with E-state index in [9.17, 15) is 4.79 Å². The van der Waals surface area contributed by atoms with Crippen molar-refractivity contribution in [3.05, 3.63) is 48.0 Å². The molecule has 0 saturated heterocycles. The lowest BCUT2D eigenvalue weighted by Gasteiger charge is -2.25. The van der Waals surface area contributed by atoms with Crippen molar-refractivity contribution in [1.82, 2.24) is 9.55 Å². The van der Waals surface area contributed by atoms with Crippen molar-refractivity contribution in [3.8, 4) is 5.75 Å². The minimum atomic E-state index is -0.349. The average molecular weight is 272 g/mol. The molecule has 2 heterocycles. The SMILES string of the molecule is O=C1c2cc(CCCO)ccc2OCC1n1ccnc1. The maximum Gasteiger partial charge on any atom is 0.192 e. The molecular formula is C15H16N2O3. The van der Waals surface area contributed by atoms with E-state index in [1.807, 2.05) is 18.2 Å². The number of Topliss-reactive ketones (excluding diaryl/α,β-unsaturated/α-hetero) is 1. The molecule has 0 radical (unpaired) electrons. The summed E-state index contributed by atoms with van der Waals surface area (Å²) in [5.74, 6) is 0.689. The molecule has 5 heteroatoms. The van der Waals surface area contributed by atoms with Crippen LogP contribution in [0.3, 0.4) is 0 Å². The van der Waals surface area contributed by atoms with Gasteiger partial charge in [0.05, 0.1) is 11.9 Å². The van der Waals surface area contributed by atoms with Crippen LogP contribution in [-0.2, 0) is 6.42 Å². The summed E-state index contributed by atoms with van der Waals surface area (Å²) in [6, 6.07) is 5.30. The average Bonchev–Trinajstić information content (AvgIpc) is 3.00. The van der Waals surface area contributed by atoms with Gasteiger partial charge in [-0.15, -0.1) is 0 Å². The van der Waals surface area contributed by atoms with Gasteiger partial charge < -0.3 is 14.4 Å². The number of nitrogens with zero attached hydrogens (tertiary/aromatic N) is 2. The van der Waals surface area contributed by atoms with Crippen molar-refractivity contribution in [2.24, 2.45) is 0 Å². The van der Waals surface area contributed by atoms with Crippen LogP contribution in [0.4, 0.5) is 0 Å². The lowest BCUT2D eigenvalue weighted by Crippen LogP contribution is -2.30. The Morgan fingerprint density at radius 1 is 1.45 bits per heavy atom. The Hall–Kier alpha value is -2.14. The molecule has 1 aromatic heterocycles. The number of ether oxygens (including phenoxy) is 1. The molecule has 0 aliphatic carbocycles. The highest BCUT2D eigenvalue weighted by molar-refractivity contribution is 6.02. The fourth-order valence-electron chi connectivity index (χ4n) is 2.43. The van der Waals surface area contributed by atoms with E-state index in [-0.39, 0.29) is 18.4 Å². The Bertz CT molecular complexity index is 608. The Morgan fingerprint density at radius 3 is 3.10 bits per heavy atom. The summed E-state index contributed by atoms with van der Waals surface area (Å²) in [5, 5.41) is 8.88. The van der Waals surface area contributed by atoms with Gasteiger partial charge in [0.1, 0.15) is 18.4 Å². The molecule has 5 nitrogen and oxygen atoms in total. The molecule has 20 heavy (non-hydrogen) atoms. The van der Waals surface area contributed by atoms with Crippen LogP contribution in [0.5, 0.6) is 5.75 Å². The molecule has 0 bridgehead atoms. The number of carbonyl (C=O) groups excluding carboxylic acids is 1. The Balaban J connectivity index is 1.89. The zero-order chi connectivity index (χ0) is 13.9. The number of aliphatic hydroxyl groups is 1. The normalized spacial score (nSPS) is 17.6. The van der Waals surface area contributed by atoms with Crippen LogP contribution < -0.4 is 4.74 Å². The number of fused-ring (bicyclic) bond motifs is 1. The summed E-state index contributed by atoms with van der Waals surface area (Å²) < 4.78 is 7.44. The van der Waals surface area contributed by atoms with E-state index >= 15 is 0 Å². The molecular weight excluding hydrogens is 256 g/mol. The second-order valence-corrected chi connectivity index (χ2v) is 4.86. The van der Waals surface area contributed by atoms with Crippen LogP contribution in [0.15, 0.2) is 36.9 Å². The minimum absolute atomic E-state index is 0.0510. The third-order valence-corrected chi connectivity index (χ3v) is 3.52. The van der Waals surface area contributed by atoms with Gasteiger partial charge in [-0.1, -0.05) is 6.07 Å². The first-order chi connectivity index (χ1) is 9.79. The molecule has 1 unspecified atom stereocenters. The monoisotopic (exact) mass is 272 g/mol. The van der Waals surface area contributed by atoms with Crippen LogP contribution in [0, 0.1) is 0 Å². The van der Waals surface area contributed by atoms with Gasteiger partial charge in [-0.05, 0) is 30.5 Å². The van der Waals surface area contributed by atoms with E-state index in [1.165, 1.54) is 0 Å². The van der Waals surface area contributed by atoms with Crippen molar-refractivity contribution < 1.29 is 14.6 Å². The van der Waals surface area contributed by atoms with E-state index in [2.05, 4.69) is 4.98 Å². The van der Waals surface area contributed by atoms with Gasteiger partial charge in [-0.3, -0.25) is 4.79 Å². The largest absolute Gasteiger partial charge is 0.490 e. The first-order valence-corrected chi connectivity index (χ1v) is 6.68. The zero-order valence-corrected chi connectivity index (χ0v) is 11.0. The van der Waals surface area contributed by atoms with Crippen molar-refractivity contribution in [2.45, 2.75) is 18.9 Å². The molecule has 1 aromatic carbocycles. The summed E-state index contributed by atoms with van der Waals surface area (Å²) in [4.78, 5) is 16.5. The third kappa shape index (κ3) is 2.32. The van der Waals surface area contributed by atoms with Crippen LogP contribution in [0.25, 0.3) is 0 Å². The van der Waals surface area contributed by atoms with Gasteiger partial charge in [-0.25, -0.2) is 4.98 Å². The summed E-state index contributed by atoms with van der Waals surface area (Å²) in [5.41, 5.74) is 1.66. The Kier molecular flexibility index (Phi) is 3.52. The van der Waals surface area contributed by atoms with Crippen LogP contribution in [0.2, 0.25) is 0 Å². The zero-order valence-electron chi connectivity index (χ0n) is 11.0. The van der Waals surface area contributed by atoms with Gasteiger partial charge in [0.2, 0.25) is 0 Å². The topological polar surface area (TPSA) is 64.3 Å². The van der Waals surface area contributed by atoms with Crippen molar-refractivity contribution >= 4 is 5.78 Å².